The number of rotatable bonds is 11. The van der Waals surface area contributed by atoms with Crippen LogP contribution in [-0.4, -0.2) is 17.2 Å². The third kappa shape index (κ3) is 5.34. The van der Waals surface area contributed by atoms with Gasteiger partial charge in [-0.3, -0.25) is 4.79 Å². The molecular formula is C31H48O3. The molecule has 0 bridgehead atoms. The van der Waals surface area contributed by atoms with Crippen molar-refractivity contribution >= 4 is 5.97 Å². The van der Waals surface area contributed by atoms with Gasteiger partial charge in [-0.25, -0.2) is 0 Å². The number of phenols is 1. The number of phenolic OH excluding ortho intramolecular Hbond substituents is 1. The van der Waals surface area contributed by atoms with E-state index < -0.39 is 0 Å². The van der Waals surface area contributed by atoms with Crippen LogP contribution in [-0.2, 0) is 16.0 Å². The van der Waals surface area contributed by atoms with E-state index >= 15 is 0 Å². The van der Waals surface area contributed by atoms with Gasteiger partial charge in [-0.15, -0.1) is 0 Å². The highest BCUT2D eigenvalue weighted by Crippen LogP contribution is 2.63. The molecule has 0 spiro atoms. The topological polar surface area (TPSA) is 46.5 Å². The molecule has 0 amide bonds. The zero-order valence-electron chi connectivity index (χ0n) is 22.0. The van der Waals surface area contributed by atoms with Crippen LogP contribution in [0.25, 0.3) is 0 Å². The summed E-state index contributed by atoms with van der Waals surface area (Å²) >= 11 is 0. The Balaban J connectivity index is 1.32. The normalized spacial score (nSPS) is 32.0. The van der Waals surface area contributed by atoms with Gasteiger partial charge in [0.25, 0.3) is 0 Å². The summed E-state index contributed by atoms with van der Waals surface area (Å²) < 4.78 is 6.21. The van der Waals surface area contributed by atoms with Gasteiger partial charge in [-0.05, 0) is 85.5 Å². The minimum absolute atomic E-state index is 0.0384. The fourth-order valence-corrected chi connectivity index (χ4v) is 7.95. The summed E-state index contributed by atoms with van der Waals surface area (Å²) in [6.07, 6.45) is 17.5. The van der Waals surface area contributed by atoms with Gasteiger partial charge in [0.1, 0.15) is 11.9 Å². The average Bonchev–Trinajstić information content (AvgIpc) is 3.15. The molecule has 1 aromatic rings. The Kier molecular flexibility index (Phi) is 8.64. The largest absolute Gasteiger partial charge is 0.508 e. The first-order chi connectivity index (χ1) is 16.5. The Hall–Kier alpha value is -1.51. The minimum Gasteiger partial charge on any atom is -0.508 e. The van der Waals surface area contributed by atoms with Crippen molar-refractivity contribution in [2.75, 3.05) is 0 Å². The van der Waals surface area contributed by atoms with Crippen molar-refractivity contribution in [1.82, 2.24) is 0 Å². The number of aromatic hydroxyl groups is 1. The highest BCUT2D eigenvalue weighted by atomic mass is 16.5. The highest BCUT2D eigenvalue weighted by molar-refractivity contribution is 5.69. The van der Waals surface area contributed by atoms with Gasteiger partial charge in [0.2, 0.25) is 0 Å². The van der Waals surface area contributed by atoms with E-state index in [1.165, 1.54) is 68.9 Å². The molecule has 3 nitrogen and oxygen atoms in total. The van der Waals surface area contributed by atoms with Crippen LogP contribution < -0.4 is 0 Å². The van der Waals surface area contributed by atoms with E-state index in [-0.39, 0.29) is 17.5 Å². The molecule has 3 aliphatic rings. The van der Waals surface area contributed by atoms with Crippen LogP contribution in [0.4, 0.5) is 0 Å². The summed E-state index contributed by atoms with van der Waals surface area (Å²) in [6, 6.07) is 6.07. The fraction of sp³-hybridized carbons (Fsp3) is 0.774. The number of hydrogen-bond donors (Lipinski definition) is 1. The van der Waals surface area contributed by atoms with Crippen molar-refractivity contribution in [3.8, 4) is 5.75 Å². The number of unbranched alkanes of at least 4 members (excludes halogenated alkanes) is 7. The second kappa shape index (κ2) is 11.5. The molecule has 1 aromatic carbocycles. The lowest BCUT2D eigenvalue weighted by molar-refractivity contribution is -0.158. The van der Waals surface area contributed by atoms with Gasteiger partial charge >= 0.3 is 5.97 Å². The van der Waals surface area contributed by atoms with Crippen LogP contribution in [0.2, 0.25) is 0 Å². The Morgan fingerprint density at radius 2 is 1.76 bits per heavy atom. The number of carbonyl (C=O) groups excluding carboxylic acids is 1. The maximum Gasteiger partial charge on any atom is 0.306 e. The molecule has 0 saturated heterocycles. The first-order valence-corrected chi connectivity index (χ1v) is 14.5. The third-order valence-electron chi connectivity index (χ3n) is 9.83. The van der Waals surface area contributed by atoms with Crippen LogP contribution in [0.3, 0.4) is 0 Å². The summed E-state index contributed by atoms with van der Waals surface area (Å²) in [5, 5.41) is 10.0. The number of carbonyl (C=O) groups is 1. The maximum atomic E-state index is 12.7. The minimum atomic E-state index is 0.0384. The van der Waals surface area contributed by atoms with E-state index in [1.54, 1.807) is 0 Å². The molecule has 6 atom stereocenters. The van der Waals surface area contributed by atoms with Crippen molar-refractivity contribution in [2.45, 2.75) is 129 Å². The summed E-state index contributed by atoms with van der Waals surface area (Å²) in [4.78, 5) is 12.7. The summed E-state index contributed by atoms with van der Waals surface area (Å²) in [5.41, 5.74) is 2.96. The van der Waals surface area contributed by atoms with E-state index in [1.807, 2.05) is 12.1 Å². The first kappa shape index (κ1) is 25.6. The van der Waals surface area contributed by atoms with Crippen LogP contribution in [0, 0.1) is 23.2 Å². The quantitative estimate of drug-likeness (QED) is 0.262. The van der Waals surface area contributed by atoms with Crippen LogP contribution in [0.15, 0.2) is 18.2 Å². The predicted molar refractivity (Wildman–Crippen MR) is 139 cm³/mol. The Bertz CT molecular complexity index is 817. The standard InChI is InChI=1S/C31H48O3/c1-4-6-7-8-9-10-11-12-13-29(33)34-28-17-16-27-30-22(5-2)20-23-21-24(32)14-15-25(23)26(30)18-19-31(27,28)3/h14-15,21-22,26-28,30,32H,4-13,16-20H2,1-3H3. The lowest BCUT2D eigenvalue weighted by Gasteiger charge is -2.53. The zero-order chi connectivity index (χ0) is 24.1. The third-order valence-corrected chi connectivity index (χ3v) is 9.83. The number of ether oxygens (including phenoxy) is 1. The van der Waals surface area contributed by atoms with E-state index in [0.29, 0.717) is 35.8 Å². The van der Waals surface area contributed by atoms with Crippen molar-refractivity contribution in [3.63, 3.8) is 0 Å². The molecule has 0 aromatic heterocycles. The number of hydrogen-bond acceptors (Lipinski definition) is 3. The van der Waals surface area contributed by atoms with Crippen molar-refractivity contribution < 1.29 is 14.6 Å². The molecule has 3 heteroatoms. The van der Waals surface area contributed by atoms with Gasteiger partial charge in [-0.2, -0.15) is 0 Å². The van der Waals surface area contributed by atoms with Gasteiger partial charge in [0.05, 0.1) is 0 Å². The van der Waals surface area contributed by atoms with E-state index in [4.69, 9.17) is 4.74 Å². The van der Waals surface area contributed by atoms with Gasteiger partial charge < -0.3 is 9.84 Å². The molecule has 2 saturated carbocycles. The molecular weight excluding hydrogens is 420 g/mol. The van der Waals surface area contributed by atoms with Gasteiger partial charge in [-0.1, -0.05) is 78.2 Å². The molecule has 0 aliphatic heterocycles. The number of esters is 1. The monoisotopic (exact) mass is 468 g/mol. The van der Waals surface area contributed by atoms with Crippen molar-refractivity contribution in [2.24, 2.45) is 23.2 Å². The lowest BCUT2D eigenvalue weighted by atomic mass is 9.52. The molecule has 2 fully saturated rings. The molecule has 4 rings (SSSR count). The number of benzene rings is 1. The zero-order valence-corrected chi connectivity index (χ0v) is 22.0. The Morgan fingerprint density at radius 3 is 2.50 bits per heavy atom. The SMILES string of the molecule is CCCCCCCCCCC(=O)OC1CCC2C3C(CC)Cc4cc(O)ccc4C3CCC12C. The van der Waals surface area contributed by atoms with Gasteiger partial charge in [0.15, 0.2) is 0 Å². The molecule has 190 valence electrons. The Morgan fingerprint density at radius 1 is 1.03 bits per heavy atom. The van der Waals surface area contributed by atoms with Crippen LogP contribution in [0.5, 0.6) is 5.75 Å². The summed E-state index contributed by atoms with van der Waals surface area (Å²) in [5.74, 6) is 3.01. The van der Waals surface area contributed by atoms with E-state index in [2.05, 4.69) is 26.8 Å². The van der Waals surface area contributed by atoms with E-state index in [9.17, 15) is 9.90 Å². The van der Waals surface area contributed by atoms with Crippen LogP contribution >= 0.6 is 0 Å². The average molecular weight is 469 g/mol. The first-order valence-electron chi connectivity index (χ1n) is 14.5. The highest BCUT2D eigenvalue weighted by Gasteiger charge is 2.57. The molecule has 0 radical (unpaired) electrons. The van der Waals surface area contributed by atoms with Crippen molar-refractivity contribution in [1.29, 1.82) is 0 Å². The van der Waals surface area contributed by atoms with Crippen molar-refractivity contribution in [3.05, 3.63) is 29.3 Å². The molecule has 1 N–H and O–H groups in total. The predicted octanol–water partition coefficient (Wildman–Crippen LogP) is 8.33. The Labute approximate surface area is 208 Å². The number of fused-ring (bicyclic) bond motifs is 5. The van der Waals surface area contributed by atoms with Crippen LogP contribution in [0.1, 0.15) is 128 Å². The second-order valence-electron chi connectivity index (χ2n) is 11.9. The molecule has 34 heavy (non-hydrogen) atoms. The second-order valence-corrected chi connectivity index (χ2v) is 11.9. The molecule has 0 heterocycles. The summed E-state index contributed by atoms with van der Waals surface area (Å²) in [7, 11) is 0. The molecule has 6 unspecified atom stereocenters. The van der Waals surface area contributed by atoms with Gasteiger partial charge in [0, 0.05) is 11.8 Å². The lowest BCUT2D eigenvalue weighted by Crippen LogP contribution is -2.48. The maximum absolute atomic E-state index is 12.7. The smallest absolute Gasteiger partial charge is 0.306 e. The summed E-state index contributed by atoms with van der Waals surface area (Å²) in [6.45, 7) is 7.01. The fourth-order valence-electron chi connectivity index (χ4n) is 7.95. The molecule has 3 aliphatic carbocycles. The van der Waals surface area contributed by atoms with E-state index in [0.717, 1.165) is 32.1 Å².